The first kappa shape index (κ1) is 28.8. The third-order valence-corrected chi connectivity index (χ3v) is 7.11. The smallest absolute Gasteiger partial charge is 0.309 e. The number of carbonyl (C=O) groups is 1. The molecule has 4 aromatic rings. The zero-order valence-corrected chi connectivity index (χ0v) is 24.2. The molecule has 0 aliphatic carbocycles. The van der Waals surface area contributed by atoms with Crippen LogP contribution < -0.4 is 19.7 Å². The molecule has 2 N–H and O–H groups in total. The van der Waals surface area contributed by atoms with E-state index in [1.807, 2.05) is 61.5 Å². The van der Waals surface area contributed by atoms with Gasteiger partial charge < -0.3 is 24.8 Å². The molecule has 0 spiro atoms. The number of nitrogens with one attached hydrogen (secondary N) is 1. The summed E-state index contributed by atoms with van der Waals surface area (Å²) in [5.41, 5.74) is 1.66. The number of hydrogen-bond donors (Lipinski definition) is 2. The molecule has 1 aliphatic rings. The van der Waals surface area contributed by atoms with Crippen LogP contribution in [0.4, 0.5) is 17.6 Å². The van der Waals surface area contributed by atoms with Crippen molar-refractivity contribution in [2.75, 3.05) is 29.9 Å². The van der Waals surface area contributed by atoms with Crippen LogP contribution in [0.1, 0.15) is 39.2 Å². The first-order chi connectivity index (χ1) is 20.3. The van der Waals surface area contributed by atoms with Gasteiger partial charge in [0.15, 0.2) is 17.3 Å². The monoisotopic (exact) mass is 568 g/mol. The fourth-order valence-electron chi connectivity index (χ4n) is 4.93. The number of aromatic nitrogens is 4. The van der Waals surface area contributed by atoms with Crippen LogP contribution in [-0.2, 0) is 11.2 Å². The number of para-hydroxylation sites is 2. The minimum Gasteiger partial charge on any atom is -0.490 e. The Morgan fingerprint density at radius 1 is 1.10 bits per heavy atom. The van der Waals surface area contributed by atoms with Crippen molar-refractivity contribution >= 4 is 23.6 Å². The molecule has 0 radical (unpaired) electrons. The second-order valence-corrected chi connectivity index (χ2v) is 10.9. The van der Waals surface area contributed by atoms with Crippen molar-refractivity contribution in [1.29, 1.82) is 0 Å². The molecular formula is C32H36N6O4. The maximum atomic E-state index is 11.6. The zero-order valence-electron chi connectivity index (χ0n) is 24.2. The number of carboxylic acids is 1. The number of piperidine rings is 1. The lowest BCUT2D eigenvalue weighted by Gasteiger charge is -2.33. The first-order valence-electron chi connectivity index (χ1n) is 14.2. The predicted molar refractivity (Wildman–Crippen MR) is 161 cm³/mol. The Morgan fingerprint density at radius 3 is 2.74 bits per heavy atom. The Kier molecular flexibility index (Phi) is 8.80. The Labute approximate surface area is 245 Å². The topological polar surface area (TPSA) is 123 Å². The van der Waals surface area contributed by atoms with E-state index in [0.29, 0.717) is 31.3 Å². The molecule has 218 valence electrons. The van der Waals surface area contributed by atoms with Crippen LogP contribution >= 0.6 is 0 Å². The van der Waals surface area contributed by atoms with Gasteiger partial charge >= 0.3 is 5.97 Å². The number of hydrogen-bond acceptors (Lipinski definition) is 9. The van der Waals surface area contributed by atoms with Gasteiger partial charge in [0.1, 0.15) is 11.9 Å². The minimum absolute atomic E-state index is 0.00405. The molecule has 1 atom stereocenters. The molecule has 42 heavy (non-hydrogen) atoms. The SMILES string of the molecule is CCOc1ccccc1O[C@@H]1CCCN(c2cncc(Nc3nccc(-c4cccc(CC(C)(C)C(=O)O)c4)n3)n2)C1. The highest BCUT2D eigenvalue weighted by Gasteiger charge is 2.27. The van der Waals surface area contributed by atoms with Crippen LogP contribution in [0.3, 0.4) is 0 Å². The molecule has 0 bridgehead atoms. The normalized spacial score (nSPS) is 15.2. The second-order valence-electron chi connectivity index (χ2n) is 10.9. The van der Waals surface area contributed by atoms with Gasteiger partial charge in [0.25, 0.3) is 0 Å². The van der Waals surface area contributed by atoms with E-state index in [1.165, 1.54) is 0 Å². The number of ether oxygens (including phenoxy) is 2. The highest BCUT2D eigenvalue weighted by Crippen LogP contribution is 2.30. The molecule has 0 amide bonds. The fourth-order valence-corrected chi connectivity index (χ4v) is 4.93. The van der Waals surface area contributed by atoms with Crippen LogP contribution in [0.2, 0.25) is 0 Å². The maximum absolute atomic E-state index is 11.6. The molecule has 1 aliphatic heterocycles. The summed E-state index contributed by atoms with van der Waals surface area (Å²) in [5.74, 6) is 2.34. The first-order valence-corrected chi connectivity index (χ1v) is 14.2. The molecule has 1 saturated heterocycles. The maximum Gasteiger partial charge on any atom is 0.309 e. The molecule has 1 fully saturated rings. The molecule has 2 aromatic heterocycles. The van der Waals surface area contributed by atoms with Crippen LogP contribution in [0.25, 0.3) is 11.3 Å². The minimum atomic E-state index is -0.866. The molecular weight excluding hydrogens is 532 g/mol. The Morgan fingerprint density at radius 2 is 1.93 bits per heavy atom. The summed E-state index contributed by atoms with van der Waals surface area (Å²) in [5, 5.41) is 12.7. The Balaban J connectivity index is 1.27. The number of anilines is 3. The summed E-state index contributed by atoms with van der Waals surface area (Å²) >= 11 is 0. The molecule has 3 heterocycles. The summed E-state index contributed by atoms with van der Waals surface area (Å²) in [7, 11) is 0. The van der Waals surface area contributed by atoms with Gasteiger partial charge in [0.05, 0.1) is 36.7 Å². The van der Waals surface area contributed by atoms with Crippen molar-refractivity contribution in [2.45, 2.75) is 46.1 Å². The standard InChI is InChI=1S/C32H36N6O4/c1-4-41-26-12-5-6-13-27(26)42-24-11-8-16-38(21-24)29-20-33-19-28(36-29)37-31-34-15-14-25(35-31)23-10-7-9-22(17-23)18-32(2,3)30(39)40/h5-7,9-10,12-15,17,19-20,24H,4,8,11,16,18,21H2,1-3H3,(H,39,40)(H,34,35,36,37)/t24-/m1/s1. The van der Waals surface area contributed by atoms with Crippen LogP contribution in [-0.4, -0.2) is 56.8 Å². The van der Waals surface area contributed by atoms with E-state index in [0.717, 1.165) is 53.5 Å². The van der Waals surface area contributed by atoms with E-state index in [2.05, 4.69) is 25.2 Å². The van der Waals surface area contributed by atoms with Crippen LogP contribution in [0.15, 0.2) is 73.2 Å². The molecule has 0 saturated carbocycles. The molecule has 0 unspecified atom stereocenters. The summed E-state index contributed by atoms with van der Waals surface area (Å²) in [6, 6.07) is 17.4. The lowest BCUT2D eigenvalue weighted by Crippen LogP contribution is -2.41. The third kappa shape index (κ3) is 7.12. The van der Waals surface area contributed by atoms with Crippen molar-refractivity contribution in [3.8, 4) is 22.8 Å². The number of carboxylic acid groups (broad SMARTS) is 1. The van der Waals surface area contributed by atoms with Crippen molar-refractivity contribution in [3.63, 3.8) is 0 Å². The highest BCUT2D eigenvalue weighted by molar-refractivity contribution is 5.74. The third-order valence-electron chi connectivity index (χ3n) is 7.11. The van der Waals surface area contributed by atoms with Gasteiger partial charge in [0.2, 0.25) is 5.95 Å². The van der Waals surface area contributed by atoms with E-state index in [1.54, 1.807) is 32.4 Å². The number of rotatable bonds is 11. The van der Waals surface area contributed by atoms with Gasteiger partial charge in [0, 0.05) is 18.3 Å². The van der Waals surface area contributed by atoms with Crippen molar-refractivity contribution in [1.82, 2.24) is 19.9 Å². The number of nitrogens with zero attached hydrogens (tertiary/aromatic N) is 5. The molecule has 10 nitrogen and oxygen atoms in total. The molecule has 10 heteroatoms. The lowest BCUT2D eigenvalue weighted by molar-refractivity contribution is -0.146. The average Bonchev–Trinajstić information content (AvgIpc) is 2.99. The lowest BCUT2D eigenvalue weighted by atomic mass is 9.85. The molecule has 5 rings (SSSR count). The van der Waals surface area contributed by atoms with Crippen LogP contribution in [0, 0.1) is 5.41 Å². The summed E-state index contributed by atoms with van der Waals surface area (Å²) in [6.07, 6.45) is 7.40. The van der Waals surface area contributed by atoms with Crippen molar-refractivity contribution < 1.29 is 19.4 Å². The van der Waals surface area contributed by atoms with Crippen LogP contribution in [0.5, 0.6) is 11.5 Å². The van der Waals surface area contributed by atoms with Gasteiger partial charge in [-0.25, -0.2) is 15.0 Å². The van der Waals surface area contributed by atoms with Gasteiger partial charge in [-0.3, -0.25) is 9.78 Å². The van der Waals surface area contributed by atoms with Gasteiger partial charge in [-0.15, -0.1) is 0 Å². The summed E-state index contributed by atoms with van der Waals surface area (Å²) in [4.78, 5) is 32.0. The van der Waals surface area contributed by atoms with E-state index in [9.17, 15) is 9.90 Å². The van der Waals surface area contributed by atoms with E-state index < -0.39 is 11.4 Å². The van der Waals surface area contributed by atoms with Gasteiger partial charge in [-0.05, 0) is 69.9 Å². The predicted octanol–water partition coefficient (Wildman–Crippen LogP) is 5.78. The zero-order chi connectivity index (χ0) is 29.5. The highest BCUT2D eigenvalue weighted by atomic mass is 16.5. The average molecular weight is 569 g/mol. The largest absolute Gasteiger partial charge is 0.490 e. The Bertz CT molecular complexity index is 1530. The Hall–Kier alpha value is -4.73. The quantitative estimate of drug-likeness (QED) is 0.230. The summed E-state index contributed by atoms with van der Waals surface area (Å²) < 4.78 is 12.1. The fraction of sp³-hybridized carbons (Fsp3) is 0.344. The van der Waals surface area contributed by atoms with E-state index in [-0.39, 0.29) is 6.10 Å². The summed E-state index contributed by atoms with van der Waals surface area (Å²) in [6.45, 7) is 7.52. The van der Waals surface area contributed by atoms with Gasteiger partial charge in [-0.2, -0.15) is 0 Å². The van der Waals surface area contributed by atoms with Crippen molar-refractivity contribution in [2.24, 2.45) is 5.41 Å². The second kappa shape index (κ2) is 12.8. The van der Waals surface area contributed by atoms with E-state index in [4.69, 9.17) is 14.5 Å². The van der Waals surface area contributed by atoms with E-state index >= 15 is 0 Å². The van der Waals surface area contributed by atoms with Crippen molar-refractivity contribution in [3.05, 3.63) is 78.8 Å². The van der Waals surface area contributed by atoms with Gasteiger partial charge in [-0.1, -0.05) is 30.3 Å². The molecule has 2 aromatic carbocycles. The number of aliphatic carboxylic acids is 1. The number of benzene rings is 2.